The number of amides is 2. The molecule has 0 radical (unpaired) electrons. The molecule has 2 rings (SSSR count). The number of piperazine rings is 1. The van der Waals surface area contributed by atoms with E-state index in [1.54, 1.807) is 0 Å². The van der Waals surface area contributed by atoms with Gasteiger partial charge in [0.1, 0.15) is 5.54 Å². The molecule has 0 bridgehead atoms. The van der Waals surface area contributed by atoms with Crippen LogP contribution in [0.5, 0.6) is 0 Å². The average Bonchev–Trinajstić information content (AvgIpc) is 1.91. The highest BCUT2D eigenvalue weighted by molar-refractivity contribution is 5.99. The Morgan fingerprint density at radius 1 is 1.25 bits per heavy atom. The van der Waals surface area contributed by atoms with Crippen LogP contribution in [0.15, 0.2) is 0 Å². The largest absolute Gasteiger partial charge is 0.345 e. The first-order valence-electron chi connectivity index (χ1n) is 3.53. The van der Waals surface area contributed by atoms with Crippen LogP contribution in [0.3, 0.4) is 0 Å². The minimum absolute atomic E-state index is 0. The van der Waals surface area contributed by atoms with Crippen molar-refractivity contribution in [1.82, 2.24) is 16.0 Å². The van der Waals surface area contributed by atoms with Crippen molar-refractivity contribution in [3.63, 3.8) is 0 Å². The molecule has 0 unspecified atom stereocenters. The Kier molecular flexibility index (Phi) is 2.25. The lowest BCUT2D eigenvalue weighted by Crippen LogP contribution is -2.78. The zero-order valence-corrected chi connectivity index (χ0v) is 7.16. The van der Waals surface area contributed by atoms with Gasteiger partial charge in [-0.25, -0.2) is 0 Å². The Hall–Kier alpha value is -0.810. The summed E-state index contributed by atoms with van der Waals surface area (Å²) in [7, 11) is 0. The van der Waals surface area contributed by atoms with Gasteiger partial charge in [-0.05, 0) is 0 Å². The molecule has 0 aromatic heterocycles. The molecule has 6 heteroatoms. The van der Waals surface area contributed by atoms with Gasteiger partial charge in [-0.2, -0.15) is 0 Å². The fourth-order valence-electron chi connectivity index (χ4n) is 1.32. The van der Waals surface area contributed by atoms with Gasteiger partial charge in [0.2, 0.25) is 11.8 Å². The highest BCUT2D eigenvalue weighted by atomic mass is 35.5. The van der Waals surface area contributed by atoms with Gasteiger partial charge < -0.3 is 16.0 Å². The zero-order valence-electron chi connectivity index (χ0n) is 6.35. The summed E-state index contributed by atoms with van der Waals surface area (Å²) in [5, 5.41) is 8.15. The van der Waals surface area contributed by atoms with Crippen LogP contribution in [0.2, 0.25) is 0 Å². The Morgan fingerprint density at radius 3 is 2.33 bits per heavy atom. The molecule has 2 heterocycles. The number of hydrogen-bond acceptors (Lipinski definition) is 3. The molecule has 2 aliphatic heterocycles. The zero-order chi connectivity index (χ0) is 7.90. The van der Waals surface area contributed by atoms with Crippen molar-refractivity contribution < 1.29 is 9.59 Å². The quantitative estimate of drug-likeness (QED) is 0.415. The Morgan fingerprint density at radius 2 is 1.92 bits per heavy atom. The molecule has 0 aromatic carbocycles. The van der Waals surface area contributed by atoms with Crippen LogP contribution >= 0.6 is 12.4 Å². The molecule has 0 saturated carbocycles. The fraction of sp³-hybridized carbons (Fsp3) is 0.667. The van der Waals surface area contributed by atoms with Crippen LogP contribution in [-0.2, 0) is 9.59 Å². The van der Waals surface area contributed by atoms with Crippen molar-refractivity contribution >= 4 is 24.2 Å². The lowest BCUT2D eigenvalue weighted by atomic mass is 9.90. The van der Waals surface area contributed by atoms with Crippen LogP contribution in [0.1, 0.15) is 0 Å². The standard InChI is InChI=1S/C6H9N3O2.ClH/c10-4-1-8-5(11)6(9-4)2-7-3-6;/h7H,1-3H2,(H,8,11)(H,9,10);1H. The molecular weight excluding hydrogens is 182 g/mol. The van der Waals surface area contributed by atoms with Gasteiger partial charge >= 0.3 is 0 Å². The Balaban J connectivity index is 0.000000720. The SMILES string of the molecule is Cl.O=C1CNC(=O)C2(CNC2)N1. The monoisotopic (exact) mass is 191 g/mol. The summed E-state index contributed by atoms with van der Waals surface area (Å²) in [6, 6.07) is 0. The second-order valence-corrected chi connectivity index (χ2v) is 2.92. The molecule has 0 aliphatic carbocycles. The van der Waals surface area contributed by atoms with E-state index >= 15 is 0 Å². The third-order valence-electron chi connectivity index (χ3n) is 2.08. The lowest BCUT2D eigenvalue weighted by Gasteiger charge is -2.43. The van der Waals surface area contributed by atoms with Crippen LogP contribution in [-0.4, -0.2) is 37.0 Å². The van der Waals surface area contributed by atoms with Crippen LogP contribution in [0.4, 0.5) is 0 Å². The summed E-state index contributed by atoms with van der Waals surface area (Å²) in [4.78, 5) is 22.0. The van der Waals surface area contributed by atoms with Crippen LogP contribution in [0.25, 0.3) is 0 Å². The predicted molar refractivity (Wildman–Crippen MR) is 44.0 cm³/mol. The van der Waals surface area contributed by atoms with E-state index in [9.17, 15) is 9.59 Å². The predicted octanol–water partition coefficient (Wildman–Crippen LogP) is -2.00. The smallest absolute Gasteiger partial charge is 0.248 e. The number of carbonyl (C=O) groups excluding carboxylic acids is 2. The van der Waals surface area contributed by atoms with E-state index in [0.717, 1.165) is 0 Å². The Bertz CT molecular complexity index is 227. The van der Waals surface area contributed by atoms with E-state index in [2.05, 4.69) is 16.0 Å². The fourth-order valence-corrected chi connectivity index (χ4v) is 1.32. The van der Waals surface area contributed by atoms with Gasteiger partial charge in [0.25, 0.3) is 0 Å². The minimum atomic E-state index is -0.630. The molecule has 0 atom stereocenters. The summed E-state index contributed by atoms with van der Waals surface area (Å²) in [6.45, 7) is 1.20. The maximum absolute atomic E-state index is 11.2. The molecule has 12 heavy (non-hydrogen) atoms. The highest BCUT2D eigenvalue weighted by Gasteiger charge is 2.47. The molecule has 5 nitrogen and oxygen atoms in total. The van der Waals surface area contributed by atoms with Gasteiger partial charge in [0, 0.05) is 13.1 Å². The lowest BCUT2D eigenvalue weighted by molar-refractivity contribution is -0.140. The van der Waals surface area contributed by atoms with Crippen molar-refractivity contribution in [2.75, 3.05) is 19.6 Å². The normalized spacial score (nSPS) is 25.0. The summed E-state index contributed by atoms with van der Waals surface area (Å²) >= 11 is 0. The summed E-state index contributed by atoms with van der Waals surface area (Å²) in [5.41, 5.74) is -0.630. The number of hydrogen-bond donors (Lipinski definition) is 3. The van der Waals surface area contributed by atoms with Crippen molar-refractivity contribution in [2.24, 2.45) is 0 Å². The van der Waals surface area contributed by atoms with Gasteiger partial charge in [0.05, 0.1) is 6.54 Å². The first kappa shape index (κ1) is 9.28. The molecule has 1 spiro atoms. The number of carbonyl (C=O) groups is 2. The van der Waals surface area contributed by atoms with E-state index in [-0.39, 0.29) is 30.8 Å². The summed E-state index contributed by atoms with van der Waals surface area (Å²) < 4.78 is 0. The van der Waals surface area contributed by atoms with E-state index < -0.39 is 5.54 Å². The third kappa shape index (κ3) is 1.15. The minimum Gasteiger partial charge on any atom is -0.345 e. The highest BCUT2D eigenvalue weighted by Crippen LogP contribution is 2.12. The molecule has 0 aromatic rings. The molecular formula is C6H10ClN3O2. The van der Waals surface area contributed by atoms with E-state index in [4.69, 9.17) is 0 Å². The van der Waals surface area contributed by atoms with Gasteiger partial charge in [-0.1, -0.05) is 0 Å². The second kappa shape index (κ2) is 2.91. The van der Waals surface area contributed by atoms with Crippen LogP contribution < -0.4 is 16.0 Å². The molecule has 2 fully saturated rings. The van der Waals surface area contributed by atoms with Crippen molar-refractivity contribution in [3.8, 4) is 0 Å². The van der Waals surface area contributed by atoms with Crippen molar-refractivity contribution in [1.29, 1.82) is 0 Å². The van der Waals surface area contributed by atoms with Gasteiger partial charge in [-0.3, -0.25) is 9.59 Å². The van der Waals surface area contributed by atoms with E-state index in [1.165, 1.54) is 0 Å². The maximum Gasteiger partial charge on any atom is 0.248 e. The number of rotatable bonds is 0. The molecule has 2 amide bonds. The third-order valence-corrected chi connectivity index (χ3v) is 2.08. The number of halogens is 1. The number of nitrogens with one attached hydrogen (secondary N) is 3. The topological polar surface area (TPSA) is 70.2 Å². The molecule has 2 saturated heterocycles. The second-order valence-electron chi connectivity index (χ2n) is 2.92. The Labute approximate surface area is 75.7 Å². The summed E-state index contributed by atoms with van der Waals surface area (Å²) in [6.07, 6.45) is 0. The molecule has 68 valence electrons. The summed E-state index contributed by atoms with van der Waals surface area (Å²) in [5.74, 6) is -0.179. The molecule has 2 aliphatic rings. The van der Waals surface area contributed by atoms with Gasteiger partial charge in [0.15, 0.2) is 0 Å². The van der Waals surface area contributed by atoms with E-state index in [1.807, 2.05) is 0 Å². The average molecular weight is 192 g/mol. The maximum atomic E-state index is 11.2. The first-order valence-corrected chi connectivity index (χ1v) is 3.53. The molecule has 3 N–H and O–H groups in total. The first-order chi connectivity index (χ1) is 5.23. The van der Waals surface area contributed by atoms with Crippen molar-refractivity contribution in [2.45, 2.75) is 5.54 Å². The van der Waals surface area contributed by atoms with E-state index in [0.29, 0.717) is 13.1 Å². The van der Waals surface area contributed by atoms with Gasteiger partial charge in [-0.15, -0.1) is 12.4 Å². The van der Waals surface area contributed by atoms with Crippen molar-refractivity contribution in [3.05, 3.63) is 0 Å². The van der Waals surface area contributed by atoms with Crippen LogP contribution in [0, 0.1) is 0 Å².